The van der Waals surface area contributed by atoms with E-state index >= 15 is 0 Å². The first kappa shape index (κ1) is 25.3. The first-order valence-electron chi connectivity index (χ1n) is 14.6. The molecule has 1 spiro atoms. The molecule has 3 fully saturated rings. The molecule has 5 heterocycles. The van der Waals surface area contributed by atoms with Crippen molar-refractivity contribution in [1.29, 1.82) is 5.26 Å². The molecule has 3 aliphatic heterocycles. The van der Waals surface area contributed by atoms with Crippen LogP contribution >= 0.6 is 0 Å². The highest BCUT2D eigenvalue weighted by Crippen LogP contribution is 2.44. The number of aromatic nitrogens is 4. The van der Waals surface area contributed by atoms with Crippen molar-refractivity contribution in [3.63, 3.8) is 0 Å². The fourth-order valence-electron chi connectivity index (χ4n) is 6.63. The van der Waals surface area contributed by atoms with Crippen molar-refractivity contribution in [2.75, 3.05) is 31.2 Å². The van der Waals surface area contributed by atoms with E-state index in [9.17, 15) is 10.1 Å². The Bertz CT molecular complexity index is 1790. The van der Waals surface area contributed by atoms with E-state index in [2.05, 4.69) is 52.4 Å². The third-order valence-corrected chi connectivity index (χ3v) is 9.38. The number of anilines is 1. The van der Waals surface area contributed by atoms with E-state index in [1.54, 1.807) is 6.33 Å². The lowest BCUT2D eigenvalue weighted by atomic mass is 9.76. The van der Waals surface area contributed by atoms with Gasteiger partial charge in [0.05, 0.1) is 31.4 Å². The summed E-state index contributed by atoms with van der Waals surface area (Å²) in [7, 11) is 1.89. The van der Waals surface area contributed by atoms with Crippen LogP contribution in [0.4, 0.5) is 5.82 Å². The Hall–Kier alpha value is -4.39. The van der Waals surface area contributed by atoms with Crippen LogP contribution in [0.1, 0.15) is 64.5 Å². The van der Waals surface area contributed by atoms with Crippen molar-refractivity contribution in [2.45, 2.75) is 38.3 Å². The number of hydrogen-bond donors (Lipinski definition) is 0. The molecule has 8 rings (SSSR count). The number of rotatable bonds is 6. The minimum Gasteiger partial charge on any atom is -0.380 e. The summed E-state index contributed by atoms with van der Waals surface area (Å²) in [6, 6.07) is 18.6. The van der Waals surface area contributed by atoms with Crippen LogP contribution in [0.15, 0.2) is 54.9 Å². The number of amides is 1. The Morgan fingerprint density at radius 2 is 1.88 bits per heavy atom. The fourth-order valence-corrected chi connectivity index (χ4v) is 6.63. The summed E-state index contributed by atoms with van der Waals surface area (Å²) in [6.07, 6.45) is 3.85. The van der Waals surface area contributed by atoms with Gasteiger partial charge in [0.15, 0.2) is 5.82 Å². The third-order valence-electron chi connectivity index (χ3n) is 9.38. The lowest BCUT2D eigenvalue weighted by Crippen LogP contribution is -2.66. The maximum Gasteiger partial charge on any atom is 0.260 e. The van der Waals surface area contributed by atoms with Crippen molar-refractivity contribution in [2.24, 2.45) is 12.5 Å². The van der Waals surface area contributed by atoms with Gasteiger partial charge in [0.25, 0.3) is 5.91 Å². The van der Waals surface area contributed by atoms with Gasteiger partial charge in [-0.05, 0) is 72.4 Å². The second kappa shape index (κ2) is 9.31. The van der Waals surface area contributed by atoms with Gasteiger partial charge in [0.1, 0.15) is 12.1 Å². The third kappa shape index (κ3) is 4.05. The molecule has 9 heteroatoms. The zero-order valence-electron chi connectivity index (χ0n) is 23.7. The van der Waals surface area contributed by atoms with Gasteiger partial charge in [-0.3, -0.25) is 14.6 Å². The topological polar surface area (TPSA) is 100 Å². The van der Waals surface area contributed by atoms with Crippen molar-refractivity contribution in [3.8, 4) is 28.6 Å². The lowest BCUT2D eigenvalue weighted by Gasteiger charge is -2.57. The van der Waals surface area contributed by atoms with Crippen molar-refractivity contribution < 1.29 is 9.53 Å². The van der Waals surface area contributed by atoms with E-state index in [-0.39, 0.29) is 11.9 Å². The lowest BCUT2D eigenvalue weighted by molar-refractivity contribution is -0.197. The Kier molecular flexibility index (Phi) is 5.62. The molecule has 2 aromatic carbocycles. The highest BCUT2D eigenvalue weighted by atomic mass is 16.5. The first-order valence-corrected chi connectivity index (χ1v) is 14.6. The molecule has 9 nitrogen and oxygen atoms in total. The van der Waals surface area contributed by atoms with E-state index in [0.717, 1.165) is 72.7 Å². The molecule has 1 unspecified atom stereocenters. The number of carbonyl (C=O) groups excluding carboxylic acids is 1. The molecule has 0 bridgehead atoms. The van der Waals surface area contributed by atoms with Gasteiger partial charge in [0.2, 0.25) is 0 Å². The van der Waals surface area contributed by atoms with E-state index in [1.165, 1.54) is 5.56 Å². The molecule has 4 aliphatic rings. The number of benzene rings is 2. The Morgan fingerprint density at radius 1 is 1.05 bits per heavy atom. The monoisotopic (exact) mass is 557 g/mol. The zero-order chi connectivity index (χ0) is 28.6. The summed E-state index contributed by atoms with van der Waals surface area (Å²) in [4.78, 5) is 23.2. The normalized spacial score (nSPS) is 19.7. The van der Waals surface area contributed by atoms with E-state index < -0.39 is 0 Å². The maximum atomic E-state index is 13.9. The molecule has 42 heavy (non-hydrogen) atoms. The quantitative estimate of drug-likeness (QED) is 0.334. The number of likely N-dealkylation sites (tertiary alicyclic amines) is 1. The SMILES string of the molecule is CC(c1ccc2c(c1)C(=O)N(c1cc(-c3ccc(C#N)cc3-c3nncn3C)cc(C3CC3)n1)C2)N1CC2(COC2)C1. The van der Waals surface area contributed by atoms with E-state index in [1.807, 2.05) is 40.8 Å². The molecule has 0 radical (unpaired) electrons. The summed E-state index contributed by atoms with van der Waals surface area (Å²) in [5, 5.41) is 18.0. The summed E-state index contributed by atoms with van der Waals surface area (Å²) >= 11 is 0. The van der Waals surface area contributed by atoms with Crippen LogP contribution < -0.4 is 4.90 Å². The average Bonchev–Trinajstić information content (AvgIpc) is 3.65. The number of fused-ring (bicyclic) bond motifs is 1. The summed E-state index contributed by atoms with van der Waals surface area (Å²) < 4.78 is 7.29. The highest BCUT2D eigenvalue weighted by Gasteiger charge is 2.50. The number of hydrogen-bond acceptors (Lipinski definition) is 7. The van der Waals surface area contributed by atoms with Crippen LogP contribution in [-0.4, -0.2) is 56.9 Å². The van der Waals surface area contributed by atoms with Gasteiger partial charge in [-0.25, -0.2) is 4.98 Å². The fraction of sp³-hybridized carbons (Fsp3) is 0.364. The minimum absolute atomic E-state index is 0.00808. The van der Waals surface area contributed by atoms with Crippen LogP contribution in [0.5, 0.6) is 0 Å². The molecule has 2 aromatic heterocycles. The summed E-state index contributed by atoms with van der Waals surface area (Å²) in [6.45, 7) is 6.56. The van der Waals surface area contributed by atoms with E-state index in [0.29, 0.717) is 35.1 Å². The van der Waals surface area contributed by atoms with Gasteiger partial charge in [-0.1, -0.05) is 18.2 Å². The standard InChI is InChI=1S/C33H31N7O2/c1-20(39-15-33(16-39)17-42-18-33)23-6-7-24-14-40(32(41)27(24)10-23)30-12-25(11-29(36-30)22-4-5-22)26-8-3-21(13-34)9-28(26)31-37-35-19-38(31)2/h3,6-12,19-20,22H,4-5,14-18H2,1-2H3. The van der Waals surface area contributed by atoms with Crippen molar-refractivity contribution >= 4 is 11.7 Å². The molecule has 1 atom stereocenters. The number of carbonyl (C=O) groups is 1. The Labute approximate surface area is 244 Å². The maximum absolute atomic E-state index is 13.9. The van der Waals surface area contributed by atoms with Gasteiger partial charge in [-0.2, -0.15) is 5.26 Å². The molecule has 0 N–H and O–H groups in total. The van der Waals surface area contributed by atoms with Gasteiger partial charge in [-0.15, -0.1) is 10.2 Å². The van der Waals surface area contributed by atoms with Crippen molar-refractivity contribution in [1.82, 2.24) is 24.6 Å². The minimum atomic E-state index is -0.00808. The molecule has 1 saturated carbocycles. The Morgan fingerprint density at radius 3 is 2.57 bits per heavy atom. The Balaban J connectivity index is 1.14. The van der Waals surface area contributed by atoms with Crippen LogP contribution in [-0.2, 0) is 18.3 Å². The van der Waals surface area contributed by atoms with Gasteiger partial charge < -0.3 is 9.30 Å². The van der Waals surface area contributed by atoms with E-state index in [4.69, 9.17) is 9.72 Å². The van der Waals surface area contributed by atoms with Crippen molar-refractivity contribution in [3.05, 3.63) is 82.8 Å². The molecule has 1 amide bonds. The second-order valence-corrected chi connectivity index (χ2v) is 12.4. The predicted octanol–water partition coefficient (Wildman–Crippen LogP) is 4.85. The van der Waals surface area contributed by atoms with Gasteiger partial charge >= 0.3 is 0 Å². The number of pyridine rings is 1. The zero-order valence-corrected chi connectivity index (χ0v) is 23.7. The average molecular weight is 558 g/mol. The molecule has 2 saturated heterocycles. The number of ether oxygens (including phenoxy) is 1. The first-order chi connectivity index (χ1) is 20.4. The summed E-state index contributed by atoms with van der Waals surface area (Å²) in [5.74, 6) is 1.73. The second-order valence-electron chi connectivity index (χ2n) is 12.4. The molecule has 4 aromatic rings. The molecule has 210 valence electrons. The number of nitrogens with zero attached hydrogens (tertiary/aromatic N) is 7. The molecular weight excluding hydrogens is 526 g/mol. The molecular formula is C33H31N7O2. The number of aryl methyl sites for hydroxylation is 1. The predicted molar refractivity (Wildman–Crippen MR) is 157 cm³/mol. The summed E-state index contributed by atoms with van der Waals surface area (Å²) in [5.41, 5.74) is 7.58. The number of nitriles is 1. The van der Waals surface area contributed by atoms with Crippen LogP contribution in [0, 0.1) is 16.7 Å². The van der Waals surface area contributed by atoms with Crippen LogP contribution in [0.2, 0.25) is 0 Å². The van der Waals surface area contributed by atoms with Crippen LogP contribution in [0.25, 0.3) is 22.5 Å². The molecule has 1 aliphatic carbocycles. The van der Waals surface area contributed by atoms with Crippen LogP contribution in [0.3, 0.4) is 0 Å². The van der Waals surface area contributed by atoms with Gasteiger partial charge in [0, 0.05) is 54.3 Å². The largest absolute Gasteiger partial charge is 0.380 e. The smallest absolute Gasteiger partial charge is 0.260 e. The highest BCUT2D eigenvalue weighted by molar-refractivity contribution is 6.10.